The quantitative estimate of drug-likeness (QED) is 0.559. The third-order valence-corrected chi connectivity index (χ3v) is 3.74. The minimum Gasteiger partial charge on any atom is -0.493 e. The molecule has 0 radical (unpaired) electrons. The number of anilines is 1. The second-order valence-corrected chi connectivity index (χ2v) is 5.45. The van der Waals surface area contributed by atoms with Crippen LogP contribution >= 0.6 is 0 Å². The Kier molecular flexibility index (Phi) is 4.90. The van der Waals surface area contributed by atoms with Gasteiger partial charge in [0.25, 0.3) is 0 Å². The number of terminal acetylenes is 1. The number of fused-ring (bicyclic) bond motifs is 1. The molecular weight excluding hydrogens is 333 g/mol. The first-order chi connectivity index (χ1) is 12.6. The summed E-state index contributed by atoms with van der Waals surface area (Å²) in [5.41, 5.74) is 7.40. The first kappa shape index (κ1) is 17.5. The van der Waals surface area contributed by atoms with Crippen molar-refractivity contribution in [2.45, 2.75) is 13.8 Å². The zero-order valence-electron chi connectivity index (χ0n) is 14.5. The van der Waals surface area contributed by atoms with Gasteiger partial charge in [0, 0.05) is 11.3 Å². The molecule has 0 spiro atoms. The molecule has 5 nitrogen and oxygen atoms in total. The van der Waals surface area contributed by atoms with E-state index in [0.29, 0.717) is 41.2 Å². The maximum Gasteiger partial charge on any atom is 0.317 e. The van der Waals surface area contributed by atoms with E-state index >= 15 is 0 Å². The van der Waals surface area contributed by atoms with Gasteiger partial charge in [0.2, 0.25) is 0 Å². The Morgan fingerprint density at radius 1 is 1.15 bits per heavy atom. The van der Waals surface area contributed by atoms with Gasteiger partial charge in [-0.25, -0.2) is 4.39 Å². The summed E-state index contributed by atoms with van der Waals surface area (Å²) in [5.74, 6) is 2.29. The van der Waals surface area contributed by atoms with Gasteiger partial charge < -0.3 is 15.2 Å². The topological polar surface area (TPSA) is 70.3 Å². The van der Waals surface area contributed by atoms with Crippen molar-refractivity contribution in [3.05, 3.63) is 41.7 Å². The third kappa shape index (κ3) is 3.11. The van der Waals surface area contributed by atoms with Crippen LogP contribution in [0.5, 0.6) is 11.8 Å². The number of hydrogen-bond donors (Lipinski definition) is 1. The number of nitrogens with two attached hydrogens (primary N) is 1. The number of halogens is 1. The first-order valence-corrected chi connectivity index (χ1v) is 8.21. The molecule has 2 aromatic carbocycles. The maximum atomic E-state index is 15.0. The van der Waals surface area contributed by atoms with Crippen molar-refractivity contribution in [2.24, 2.45) is 0 Å². The molecule has 0 unspecified atom stereocenters. The summed E-state index contributed by atoms with van der Waals surface area (Å²) in [4.78, 5) is 8.79. The van der Waals surface area contributed by atoms with Crippen LogP contribution in [0.15, 0.2) is 30.3 Å². The number of ether oxygens (including phenoxy) is 2. The molecule has 0 saturated heterocycles. The standard InChI is InChI=1S/C20H18FN3O2/c1-4-12-10-13(22)11-14(18(12)21)19-17-15(23-20(24-19)26-6-3)8-7-9-16(17)25-5-2/h1,7-11H,5-6,22H2,2-3H3. The van der Waals surface area contributed by atoms with E-state index in [1.807, 2.05) is 19.9 Å². The molecular formula is C20H18FN3O2. The molecule has 0 aliphatic carbocycles. The van der Waals surface area contributed by atoms with Gasteiger partial charge in [-0.2, -0.15) is 9.97 Å². The smallest absolute Gasteiger partial charge is 0.317 e. The Labute approximate surface area is 151 Å². The molecule has 0 amide bonds. The number of nitrogen functional groups attached to an aromatic ring is 1. The number of benzene rings is 2. The molecule has 3 aromatic rings. The highest BCUT2D eigenvalue weighted by Gasteiger charge is 2.19. The molecule has 0 bridgehead atoms. The van der Waals surface area contributed by atoms with E-state index in [1.165, 1.54) is 12.1 Å². The summed E-state index contributed by atoms with van der Waals surface area (Å²) in [6.07, 6.45) is 5.41. The Bertz CT molecular complexity index is 1010. The first-order valence-electron chi connectivity index (χ1n) is 8.21. The zero-order valence-corrected chi connectivity index (χ0v) is 14.5. The molecule has 3 rings (SSSR count). The van der Waals surface area contributed by atoms with Gasteiger partial charge >= 0.3 is 6.01 Å². The Hall–Kier alpha value is -3.33. The lowest BCUT2D eigenvalue weighted by Gasteiger charge is -2.14. The van der Waals surface area contributed by atoms with Crippen LogP contribution in [0.25, 0.3) is 22.2 Å². The van der Waals surface area contributed by atoms with Gasteiger partial charge in [-0.15, -0.1) is 6.42 Å². The zero-order chi connectivity index (χ0) is 18.7. The van der Waals surface area contributed by atoms with Gasteiger partial charge in [0.05, 0.1) is 35.4 Å². The highest BCUT2D eigenvalue weighted by molar-refractivity contribution is 5.98. The number of aromatic nitrogens is 2. The summed E-state index contributed by atoms with van der Waals surface area (Å²) in [7, 11) is 0. The molecule has 0 aliphatic rings. The fourth-order valence-corrected chi connectivity index (χ4v) is 2.72. The van der Waals surface area contributed by atoms with Gasteiger partial charge in [-0.05, 0) is 38.1 Å². The van der Waals surface area contributed by atoms with Gasteiger partial charge in [0.1, 0.15) is 11.6 Å². The van der Waals surface area contributed by atoms with E-state index in [-0.39, 0.29) is 17.1 Å². The maximum absolute atomic E-state index is 15.0. The van der Waals surface area contributed by atoms with Crippen LogP contribution in [0.2, 0.25) is 0 Å². The van der Waals surface area contributed by atoms with Crippen LogP contribution in [-0.2, 0) is 0 Å². The van der Waals surface area contributed by atoms with Crippen LogP contribution in [0, 0.1) is 18.2 Å². The van der Waals surface area contributed by atoms with Crippen molar-refractivity contribution in [3.63, 3.8) is 0 Å². The minimum atomic E-state index is -0.574. The summed E-state index contributed by atoms with van der Waals surface area (Å²) in [5, 5.41) is 0.574. The van der Waals surface area contributed by atoms with Crippen LogP contribution < -0.4 is 15.2 Å². The van der Waals surface area contributed by atoms with Crippen molar-refractivity contribution < 1.29 is 13.9 Å². The largest absolute Gasteiger partial charge is 0.493 e. The Morgan fingerprint density at radius 3 is 2.62 bits per heavy atom. The van der Waals surface area contributed by atoms with E-state index in [2.05, 4.69) is 15.9 Å². The summed E-state index contributed by atoms with van der Waals surface area (Å²) < 4.78 is 26.1. The molecule has 0 saturated carbocycles. The molecule has 2 N–H and O–H groups in total. The molecule has 6 heteroatoms. The lowest BCUT2D eigenvalue weighted by Crippen LogP contribution is -2.03. The highest BCUT2D eigenvalue weighted by atomic mass is 19.1. The average molecular weight is 351 g/mol. The second kappa shape index (κ2) is 7.28. The molecule has 1 aromatic heterocycles. The summed E-state index contributed by atoms with van der Waals surface area (Å²) in [6, 6.07) is 8.43. The van der Waals surface area contributed by atoms with Gasteiger partial charge in [-0.1, -0.05) is 12.0 Å². The van der Waals surface area contributed by atoms with Crippen LogP contribution in [0.1, 0.15) is 19.4 Å². The van der Waals surface area contributed by atoms with Gasteiger partial charge in [0.15, 0.2) is 0 Å². The molecule has 26 heavy (non-hydrogen) atoms. The summed E-state index contributed by atoms with van der Waals surface area (Å²) >= 11 is 0. The Balaban J connectivity index is 2.40. The highest BCUT2D eigenvalue weighted by Crippen LogP contribution is 2.37. The molecule has 0 fully saturated rings. The Morgan fingerprint density at radius 2 is 1.92 bits per heavy atom. The number of rotatable bonds is 5. The van der Waals surface area contributed by atoms with E-state index < -0.39 is 5.82 Å². The molecule has 0 aliphatic heterocycles. The van der Waals surface area contributed by atoms with E-state index in [9.17, 15) is 4.39 Å². The monoisotopic (exact) mass is 351 g/mol. The molecule has 132 valence electrons. The minimum absolute atomic E-state index is 0.0682. The normalized spacial score (nSPS) is 10.5. The van der Waals surface area contributed by atoms with E-state index in [4.69, 9.17) is 21.6 Å². The predicted molar refractivity (Wildman–Crippen MR) is 99.6 cm³/mol. The fourth-order valence-electron chi connectivity index (χ4n) is 2.72. The lowest BCUT2D eigenvalue weighted by atomic mass is 10.0. The van der Waals surface area contributed by atoms with Crippen molar-refractivity contribution in [1.29, 1.82) is 0 Å². The van der Waals surface area contributed by atoms with E-state index in [0.717, 1.165) is 0 Å². The predicted octanol–water partition coefficient (Wildman–Crippen LogP) is 3.80. The van der Waals surface area contributed by atoms with E-state index in [1.54, 1.807) is 12.1 Å². The lowest BCUT2D eigenvalue weighted by molar-refractivity contribution is 0.314. The average Bonchev–Trinajstić information content (AvgIpc) is 2.63. The number of nitrogens with zero attached hydrogens (tertiary/aromatic N) is 2. The summed E-state index contributed by atoms with van der Waals surface area (Å²) in [6.45, 7) is 4.51. The third-order valence-electron chi connectivity index (χ3n) is 3.74. The SMILES string of the molecule is C#Cc1cc(N)cc(-c2nc(OCC)nc3cccc(OCC)c23)c1F. The van der Waals surface area contributed by atoms with Crippen LogP contribution in [-0.4, -0.2) is 23.2 Å². The number of hydrogen-bond acceptors (Lipinski definition) is 5. The molecule has 0 atom stereocenters. The van der Waals surface area contributed by atoms with Crippen molar-refractivity contribution in [2.75, 3.05) is 18.9 Å². The van der Waals surface area contributed by atoms with Crippen LogP contribution in [0.3, 0.4) is 0 Å². The van der Waals surface area contributed by atoms with Crippen molar-refractivity contribution in [3.8, 4) is 35.4 Å². The van der Waals surface area contributed by atoms with Crippen molar-refractivity contribution >= 4 is 16.6 Å². The second-order valence-electron chi connectivity index (χ2n) is 5.45. The van der Waals surface area contributed by atoms with Gasteiger partial charge in [-0.3, -0.25) is 0 Å². The fraction of sp³-hybridized carbons (Fsp3) is 0.200. The van der Waals surface area contributed by atoms with Crippen LogP contribution in [0.4, 0.5) is 10.1 Å². The van der Waals surface area contributed by atoms with Crippen molar-refractivity contribution in [1.82, 2.24) is 9.97 Å². The molecule has 1 heterocycles.